The summed E-state index contributed by atoms with van der Waals surface area (Å²) >= 11 is 0. The Morgan fingerprint density at radius 3 is 1.96 bits per heavy atom. The van der Waals surface area contributed by atoms with Gasteiger partial charge in [0.25, 0.3) is 0 Å². The largest absolute Gasteiger partial charge is 0.466 e. The summed E-state index contributed by atoms with van der Waals surface area (Å²) in [6.07, 6.45) is 8.52. The van der Waals surface area contributed by atoms with Crippen molar-refractivity contribution in [1.82, 2.24) is 0 Å². The van der Waals surface area contributed by atoms with Crippen LogP contribution in [0.3, 0.4) is 0 Å². The molecule has 2 unspecified atom stereocenters. The van der Waals surface area contributed by atoms with Crippen LogP contribution >= 0.6 is 0 Å². The Balaban J connectivity index is 2.61. The third-order valence-corrected chi connectivity index (χ3v) is 5.12. The highest BCUT2D eigenvalue weighted by molar-refractivity contribution is 5.80. The zero-order valence-electron chi connectivity index (χ0n) is 18.0. The van der Waals surface area contributed by atoms with E-state index >= 15 is 0 Å². The van der Waals surface area contributed by atoms with Crippen molar-refractivity contribution in [2.24, 2.45) is 5.92 Å². The van der Waals surface area contributed by atoms with Crippen molar-refractivity contribution in [2.45, 2.75) is 84.5 Å². The van der Waals surface area contributed by atoms with E-state index in [4.69, 9.17) is 9.47 Å². The van der Waals surface area contributed by atoms with Crippen LogP contribution in [0.15, 0.2) is 30.3 Å². The Morgan fingerprint density at radius 2 is 1.39 bits per heavy atom. The van der Waals surface area contributed by atoms with Gasteiger partial charge in [0.05, 0.1) is 25.6 Å². The molecule has 1 rings (SSSR count). The molecule has 0 heterocycles. The normalized spacial score (nSPS) is 13.0. The molecule has 0 aliphatic carbocycles. The molecule has 0 aliphatic heterocycles. The van der Waals surface area contributed by atoms with Crippen molar-refractivity contribution in [1.29, 1.82) is 0 Å². The van der Waals surface area contributed by atoms with Gasteiger partial charge >= 0.3 is 11.9 Å². The summed E-state index contributed by atoms with van der Waals surface area (Å²) in [6, 6.07) is 9.82. The highest BCUT2D eigenvalue weighted by Gasteiger charge is 2.30. The second kappa shape index (κ2) is 15.1. The van der Waals surface area contributed by atoms with Crippen LogP contribution in [0.4, 0.5) is 0 Å². The molecule has 4 nitrogen and oxygen atoms in total. The van der Waals surface area contributed by atoms with Crippen LogP contribution in [0.1, 0.15) is 90.0 Å². The maximum Gasteiger partial charge on any atom is 0.310 e. The second-order valence-corrected chi connectivity index (χ2v) is 7.52. The summed E-state index contributed by atoms with van der Waals surface area (Å²) in [5.74, 6) is -1.23. The fourth-order valence-electron chi connectivity index (χ4n) is 3.22. The van der Waals surface area contributed by atoms with E-state index in [-0.39, 0.29) is 24.3 Å². The SMILES string of the molecule is CCCCCCOC(=O)CC(C(=O)OCCCCCC)C(C)c1ccccc1. The lowest BCUT2D eigenvalue weighted by Crippen LogP contribution is -2.27. The number of carbonyl (C=O) groups is 2. The summed E-state index contributed by atoms with van der Waals surface area (Å²) in [4.78, 5) is 25.0. The van der Waals surface area contributed by atoms with E-state index in [9.17, 15) is 9.59 Å². The van der Waals surface area contributed by atoms with Gasteiger partial charge in [0, 0.05) is 0 Å². The Labute approximate surface area is 171 Å². The van der Waals surface area contributed by atoms with Gasteiger partial charge in [-0.05, 0) is 24.3 Å². The van der Waals surface area contributed by atoms with Crippen molar-refractivity contribution in [3.63, 3.8) is 0 Å². The van der Waals surface area contributed by atoms with Crippen LogP contribution in [0.2, 0.25) is 0 Å². The number of unbranched alkanes of at least 4 members (excludes halogenated alkanes) is 6. The van der Waals surface area contributed by atoms with Crippen LogP contribution in [-0.2, 0) is 19.1 Å². The Kier molecular flexibility index (Phi) is 13.1. The molecule has 0 amide bonds. The monoisotopic (exact) mass is 390 g/mol. The van der Waals surface area contributed by atoms with Gasteiger partial charge in [-0.3, -0.25) is 9.59 Å². The Hall–Kier alpha value is -1.84. The molecule has 0 bridgehead atoms. The summed E-state index contributed by atoms with van der Waals surface area (Å²) in [7, 11) is 0. The van der Waals surface area contributed by atoms with Crippen molar-refractivity contribution in [3.8, 4) is 0 Å². The van der Waals surface area contributed by atoms with E-state index in [0.717, 1.165) is 56.9 Å². The smallest absolute Gasteiger partial charge is 0.310 e. The number of hydrogen-bond acceptors (Lipinski definition) is 4. The summed E-state index contributed by atoms with van der Waals surface area (Å²) in [5.41, 5.74) is 1.03. The lowest BCUT2D eigenvalue weighted by atomic mass is 9.85. The molecule has 158 valence electrons. The van der Waals surface area contributed by atoms with Crippen LogP contribution in [0.5, 0.6) is 0 Å². The number of carbonyl (C=O) groups excluding carboxylic acids is 2. The first-order valence-corrected chi connectivity index (χ1v) is 11.0. The van der Waals surface area contributed by atoms with E-state index in [1.165, 1.54) is 0 Å². The molecule has 28 heavy (non-hydrogen) atoms. The van der Waals surface area contributed by atoms with Gasteiger partial charge in [-0.2, -0.15) is 0 Å². The van der Waals surface area contributed by atoms with Crippen molar-refractivity contribution in [2.75, 3.05) is 13.2 Å². The molecule has 0 fully saturated rings. The van der Waals surface area contributed by atoms with Crippen molar-refractivity contribution < 1.29 is 19.1 Å². The number of esters is 2. The number of ether oxygens (including phenoxy) is 2. The Morgan fingerprint density at radius 1 is 0.821 bits per heavy atom. The second-order valence-electron chi connectivity index (χ2n) is 7.52. The van der Waals surface area contributed by atoms with Crippen LogP contribution in [0, 0.1) is 5.92 Å². The van der Waals surface area contributed by atoms with Crippen molar-refractivity contribution >= 4 is 11.9 Å². The van der Waals surface area contributed by atoms with Gasteiger partial charge in [0.15, 0.2) is 0 Å². The average Bonchev–Trinajstić information content (AvgIpc) is 2.71. The van der Waals surface area contributed by atoms with E-state index in [2.05, 4.69) is 13.8 Å². The summed E-state index contributed by atoms with van der Waals surface area (Å²) < 4.78 is 10.9. The standard InChI is InChI=1S/C24H38O4/c1-4-6-8-13-17-27-23(25)19-22(20(3)21-15-11-10-12-16-21)24(26)28-18-14-9-7-5-2/h10-12,15-16,20,22H,4-9,13-14,17-19H2,1-3H3. The lowest BCUT2D eigenvalue weighted by molar-refractivity contribution is -0.156. The lowest BCUT2D eigenvalue weighted by Gasteiger charge is -2.22. The van der Waals surface area contributed by atoms with Gasteiger partial charge in [0.1, 0.15) is 0 Å². The van der Waals surface area contributed by atoms with Crippen LogP contribution < -0.4 is 0 Å². The first kappa shape index (κ1) is 24.2. The zero-order chi connectivity index (χ0) is 20.6. The third kappa shape index (κ3) is 9.91. The quantitative estimate of drug-likeness (QED) is 0.270. The van der Waals surface area contributed by atoms with E-state index in [0.29, 0.717) is 13.2 Å². The first-order valence-electron chi connectivity index (χ1n) is 11.0. The van der Waals surface area contributed by atoms with Gasteiger partial charge in [0.2, 0.25) is 0 Å². The molecule has 1 aromatic carbocycles. The first-order chi connectivity index (χ1) is 13.6. The summed E-state index contributed by atoms with van der Waals surface area (Å²) in [5, 5.41) is 0. The average molecular weight is 391 g/mol. The number of rotatable bonds is 15. The molecule has 0 aromatic heterocycles. The predicted octanol–water partition coefficient (Wildman–Crippen LogP) is 6.04. The molecule has 0 spiro atoms. The maximum atomic E-state index is 12.7. The summed E-state index contributed by atoms with van der Waals surface area (Å²) in [6.45, 7) is 7.13. The zero-order valence-corrected chi connectivity index (χ0v) is 18.0. The molecule has 0 saturated carbocycles. The molecule has 1 aromatic rings. The minimum atomic E-state index is -0.517. The van der Waals surface area contributed by atoms with Crippen LogP contribution in [0.25, 0.3) is 0 Å². The molecule has 0 radical (unpaired) electrons. The van der Waals surface area contributed by atoms with Gasteiger partial charge in [-0.15, -0.1) is 0 Å². The van der Waals surface area contributed by atoms with E-state index < -0.39 is 5.92 Å². The highest BCUT2D eigenvalue weighted by atomic mass is 16.5. The molecule has 0 saturated heterocycles. The minimum absolute atomic E-state index is 0.0671. The van der Waals surface area contributed by atoms with Gasteiger partial charge in [-0.1, -0.05) is 89.6 Å². The predicted molar refractivity (Wildman–Crippen MR) is 113 cm³/mol. The molecular weight excluding hydrogens is 352 g/mol. The molecule has 0 aliphatic rings. The molecule has 4 heteroatoms. The van der Waals surface area contributed by atoms with E-state index in [1.54, 1.807) is 0 Å². The number of benzene rings is 1. The van der Waals surface area contributed by atoms with Gasteiger partial charge < -0.3 is 9.47 Å². The minimum Gasteiger partial charge on any atom is -0.466 e. The Bertz CT molecular complexity index is 541. The topological polar surface area (TPSA) is 52.6 Å². The molecule has 0 N–H and O–H groups in total. The third-order valence-electron chi connectivity index (χ3n) is 5.12. The number of hydrogen-bond donors (Lipinski definition) is 0. The van der Waals surface area contributed by atoms with E-state index in [1.807, 2.05) is 37.3 Å². The molecule has 2 atom stereocenters. The maximum absolute atomic E-state index is 12.7. The molecular formula is C24H38O4. The highest BCUT2D eigenvalue weighted by Crippen LogP contribution is 2.28. The van der Waals surface area contributed by atoms with Gasteiger partial charge in [-0.25, -0.2) is 0 Å². The fraction of sp³-hybridized carbons (Fsp3) is 0.667. The van der Waals surface area contributed by atoms with Crippen molar-refractivity contribution in [3.05, 3.63) is 35.9 Å². The van der Waals surface area contributed by atoms with Crippen LogP contribution in [-0.4, -0.2) is 25.2 Å². The fourth-order valence-corrected chi connectivity index (χ4v) is 3.22.